The first-order valence-electron chi connectivity index (χ1n) is 5.17. The van der Waals surface area contributed by atoms with Gasteiger partial charge in [0.05, 0.1) is 0 Å². The van der Waals surface area contributed by atoms with Crippen LogP contribution in [0.2, 0.25) is 5.15 Å². The monoisotopic (exact) mass is 236 g/mol. The lowest BCUT2D eigenvalue weighted by Gasteiger charge is -2.05. The molecule has 2 rings (SSSR count). The van der Waals surface area contributed by atoms with E-state index in [1.807, 2.05) is 32.9 Å². The lowest BCUT2D eigenvalue weighted by molar-refractivity contribution is 0.545. The molecule has 0 saturated heterocycles. The van der Waals surface area contributed by atoms with Gasteiger partial charge in [-0.2, -0.15) is 0 Å². The standard InChI is InChI=1S/C12H13ClN2O/c1-7(2)12-14-9(6-11(13)15-12)10-5-4-8(3)16-10/h4-7H,1-3H3. The maximum Gasteiger partial charge on any atom is 0.152 e. The van der Waals surface area contributed by atoms with Crippen LogP contribution in [0.15, 0.2) is 22.6 Å². The third-order valence-corrected chi connectivity index (χ3v) is 2.42. The van der Waals surface area contributed by atoms with Gasteiger partial charge in [-0.25, -0.2) is 9.97 Å². The van der Waals surface area contributed by atoms with Gasteiger partial charge in [0.1, 0.15) is 22.4 Å². The second-order valence-corrected chi connectivity index (χ2v) is 4.39. The Hall–Kier alpha value is -1.35. The van der Waals surface area contributed by atoms with Crippen LogP contribution >= 0.6 is 11.6 Å². The maximum absolute atomic E-state index is 5.96. The summed E-state index contributed by atoms with van der Waals surface area (Å²) in [4.78, 5) is 8.61. The van der Waals surface area contributed by atoms with Crippen LogP contribution in [-0.2, 0) is 0 Å². The van der Waals surface area contributed by atoms with Crippen molar-refractivity contribution in [1.29, 1.82) is 0 Å². The van der Waals surface area contributed by atoms with Crippen LogP contribution in [0, 0.1) is 6.92 Å². The molecule has 0 bridgehead atoms. The van der Waals surface area contributed by atoms with Gasteiger partial charge in [-0.05, 0) is 19.1 Å². The van der Waals surface area contributed by atoms with E-state index < -0.39 is 0 Å². The molecule has 2 aromatic rings. The summed E-state index contributed by atoms with van der Waals surface area (Å²) in [7, 11) is 0. The van der Waals surface area contributed by atoms with Crippen molar-refractivity contribution >= 4 is 11.6 Å². The number of hydrogen-bond donors (Lipinski definition) is 0. The van der Waals surface area contributed by atoms with Gasteiger partial charge < -0.3 is 4.42 Å². The molecule has 0 amide bonds. The first kappa shape index (κ1) is 11.1. The molecule has 0 unspecified atom stereocenters. The fourth-order valence-corrected chi connectivity index (χ4v) is 1.58. The van der Waals surface area contributed by atoms with Crippen molar-refractivity contribution in [2.75, 3.05) is 0 Å². The van der Waals surface area contributed by atoms with E-state index in [-0.39, 0.29) is 5.92 Å². The first-order chi connectivity index (χ1) is 7.56. The fraction of sp³-hybridized carbons (Fsp3) is 0.333. The van der Waals surface area contributed by atoms with Crippen LogP contribution in [0.25, 0.3) is 11.5 Å². The quantitative estimate of drug-likeness (QED) is 0.744. The molecule has 16 heavy (non-hydrogen) atoms. The molecule has 2 aromatic heterocycles. The Labute approximate surface area is 99.5 Å². The second kappa shape index (κ2) is 4.26. The molecule has 0 atom stereocenters. The summed E-state index contributed by atoms with van der Waals surface area (Å²) in [5, 5.41) is 0.447. The summed E-state index contributed by atoms with van der Waals surface area (Å²) in [5.74, 6) is 2.56. The highest BCUT2D eigenvalue weighted by Crippen LogP contribution is 2.24. The van der Waals surface area contributed by atoms with Gasteiger partial charge in [-0.3, -0.25) is 0 Å². The summed E-state index contributed by atoms with van der Waals surface area (Å²) in [6.45, 7) is 5.96. The van der Waals surface area contributed by atoms with E-state index in [0.29, 0.717) is 5.15 Å². The van der Waals surface area contributed by atoms with Crippen molar-refractivity contribution in [1.82, 2.24) is 9.97 Å². The topological polar surface area (TPSA) is 38.9 Å². The Kier molecular flexibility index (Phi) is 2.97. The second-order valence-electron chi connectivity index (χ2n) is 4.00. The maximum atomic E-state index is 5.96. The van der Waals surface area contributed by atoms with Crippen LogP contribution < -0.4 is 0 Å². The molecular weight excluding hydrogens is 224 g/mol. The molecule has 0 saturated carbocycles. The number of halogens is 1. The number of rotatable bonds is 2. The van der Waals surface area contributed by atoms with E-state index >= 15 is 0 Å². The van der Waals surface area contributed by atoms with E-state index in [2.05, 4.69) is 9.97 Å². The third-order valence-electron chi connectivity index (χ3n) is 2.22. The molecule has 0 fully saturated rings. The van der Waals surface area contributed by atoms with Crippen molar-refractivity contribution in [3.05, 3.63) is 34.9 Å². The highest BCUT2D eigenvalue weighted by molar-refractivity contribution is 6.29. The molecular formula is C12H13ClN2O. The predicted octanol–water partition coefficient (Wildman–Crippen LogP) is 3.82. The number of aryl methyl sites for hydroxylation is 1. The third kappa shape index (κ3) is 2.25. The minimum absolute atomic E-state index is 0.244. The van der Waals surface area contributed by atoms with E-state index in [0.717, 1.165) is 23.0 Å². The van der Waals surface area contributed by atoms with Crippen LogP contribution in [-0.4, -0.2) is 9.97 Å². The summed E-state index contributed by atoms with van der Waals surface area (Å²) in [6, 6.07) is 5.50. The molecule has 0 spiro atoms. The van der Waals surface area contributed by atoms with E-state index in [9.17, 15) is 0 Å². The van der Waals surface area contributed by atoms with Crippen molar-refractivity contribution in [3.8, 4) is 11.5 Å². The summed E-state index contributed by atoms with van der Waals surface area (Å²) in [6.07, 6.45) is 0. The zero-order valence-electron chi connectivity index (χ0n) is 9.49. The van der Waals surface area contributed by atoms with Crippen molar-refractivity contribution in [2.24, 2.45) is 0 Å². The van der Waals surface area contributed by atoms with Gasteiger partial charge in [-0.15, -0.1) is 0 Å². The Morgan fingerprint density at radius 3 is 2.56 bits per heavy atom. The Bertz CT molecular complexity index is 505. The lowest BCUT2D eigenvalue weighted by atomic mass is 10.2. The van der Waals surface area contributed by atoms with Crippen LogP contribution in [0.5, 0.6) is 0 Å². The Morgan fingerprint density at radius 1 is 1.25 bits per heavy atom. The molecule has 0 radical (unpaired) electrons. The summed E-state index contributed by atoms with van der Waals surface area (Å²) in [5.41, 5.74) is 0.733. The number of aromatic nitrogens is 2. The van der Waals surface area contributed by atoms with E-state index in [4.69, 9.17) is 16.0 Å². The van der Waals surface area contributed by atoms with Crippen LogP contribution in [0.3, 0.4) is 0 Å². The molecule has 84 valence electrons. The summed E-state index contributed by atoms with van der Waals surface area (Å²) < 4.78 is 5.51. The van der Waals surface area contributed by atoms with Gasteiger partial charge in [-0.1, -0.05) is 25.4 Å². The van der Waals surface area contributed by atoms with Gasteiger partial charge in [0.15, 0.2) is 5.76 Å². The molecule has 3 nitrogen and oxygen atoms in total. The number of furan rings is 1. The highest BCUT2D eigenvalue weighted by Gasteiger charge is 2.10. The molecule has 4 heteroatoms. The molecule has 0 aliphatic rings. The van der Waals surface area contributed by atoms with Crippen LogP contribution in [0.1, 0.15) is 31.4 Å². The van der Waals surface area contributed by atoms with E-state index in [1.54, 1.807) is 6.07 Å². The lowest BCUT2D eigenvalue weighted by Crippen LogP contribution is -1.98. The van der Waals surface area contributed by atoms with Crippen LogP contribution in [0.4, 0.5) is 0 Å². The van der Waals surface area contributed by atoms with Crippen molar-refractivity contribution in [3.63, 3.8) is 0 Å². The zero-order valence-corrected chi connectivity index (χ0v) is 10.2. The first-order valence-corrected chi connectivity index (χ1v) is 5.55. The molecule has 0 aliphatic heterocycles. The van der Waals surface area contributed by atoms with Gasteiger partial charge in [0.2, 0.25) is 0 Å². The molecule has 0 aromatic carbocycles. The smallest absolute Gasteiger partial charge is 0.152 e. The molecule has 0 aliphatic carbocycles. The van der Waals surface area contributed by atoms with Gasteiger partial charge >= 0.3 is 0 Å². The minimum atomic E-state index is 0.244. The highest BCUT2D eigenvalue weighted by atomic mass is 35.5. The van der Waals surface area contributed by atoms with E-state index in [1.165, 1.54) is 0 Å². The normalized spacial score (nSPS) is 11.1. The summed E-state index contributed by atoms with van der Waals surface area (Å²) >= 11 is 5.96. The predicted molar refractivity (Wildman–Crippen MR) is 63.6 cm³/mol. The molecule has 0 N–H and O–H groups in total. The SMILES string of the molecule is Cc1ccc(-c2cc(Cl)nc(C(C)C)n2)o1. The van der Waals surface area contributed by atoms with Gasteiger partial charge in [0, 0.05) is 12.0 Å². The molecule has 2 heterocycles. The van der Waals surface area contributed by atoms with Crippen molar-refractivity contribution in [2.45, 2.75) is 26.7 Å². The average molecular weight is 237 g/mol. The Morgan fingerprint density at radius 2 is 2.00 bits per heavy atom. The average Bonchev–Trinajstić information content (AvgIpc) is 2.64. The number of hydrogen-bond acceptors (Lipinski definition) is 3. The fourth-order valence-electron chi connectivity index (χ4n) is 1.39. The van der Waals surface area contributed by atoms with Crippen molar-refractivity contribution < 1.29 is 4.42 Å². The Balaban J connectivity index is 2.49. The number of nitrogens with zero attached hydrogens (tertiary/aromatic N) is 2. The van der Waals surface area contributed by atoms with Gasteiger partial charge in [0.25, 0.3) is 0 Å². The minimum Gasteiger partial charge on any atom is -0.460 e. The zero-order chi connectivity index (χ0) is 11.7. The largest absolute Gasteiger partial charge is 0.460 e.